The molecule has 1 aromatic rings. The Balaban J connectivity index is 1.89. The summed E-state index contributed by atoms with van der Waals surface area (Å²) in [7, 11) is 0. The molecule has 0 aliphatic carbocycles. The predicted octanol–water partition coefficient (Wildman–Crippen LogP) is 2.27. The summed E-state index contributed by atoms with van der Waals surface area (Å²) in [5.41, 5.74) is 0.792. The predicted molar refractivity (Wildman–Crippen MR) is 67.5 cm³/mol. The lowest BCUT2D eigenvalue weighted by Crippen LogP contribution is -2.42. The molecule has 1 aliphatic heterocycles. The highest BCUT2D eigenvalue weighted by Gasteiger charge is 2.20. The van der Waals surface area contributed by atoms with Crippen molar-refractivity contribution < 1.29 is 9.53 Å². The van der Waals surface area contributed by atoms with Gasteiger partial charge in [0, 0.05) is 12.0 Å². The first kappa shape index (κ1) is 12.1. The van der Waals surface area contributed by atoms with Crippen molar-refractivity contribution >= 4 is 5.78 Å². The Morgan fingerprint density at radius 2 is 2.06 bits per heavy atom. The number of nitrogens with one attached hydrogen (secondary N) is 1. The second kappa shape index (κ2) is 5.82. The number of ether oxygens (including phenoxy) is 1. The average Bonchev–Trinajstić information content (AvgIpc) is 2.31. The molecule has 1 fully saturated rings. The van der Waals surface area contributed by atoms with Gasteiger partial charge in [-0.1, -0.05) is 6.92 Å². The van der Waals surface area contributed by atoms with E-state index in [4.69, 9.17) is 4.74 Å². The summed E-state index contributed by atoms with van der Waals surface area (Å²) in [6, 6.07) is 7.47. The second-order valence-corrected chi connectivity index (χ2v) is 4.52. The van der Waals surface area contributed by atoms with Gasteiger partial charge in [-0.25, -0.2) is 0 Å². The summed E-state index contributed by atoms with van der Waals surface area (Å²) < 4.78 is 5.48. The molecular formula is C14H19NO2. The lowest BCUT2D eigenvalue weighted by molar-refractivity contribution is 0.0945. The highest BCUT2D eigenvalue weighted by molar-refractivity contribution is 5.96. The van der Waals surface area contributed by atoms with Gasteiger partial charge >= 0.3 is 0 Å². The van der Waals surface area contributed by atoms with Gasteiger partial charge in [-0.15, -0.1) is 0 Å². The highest BCUT2D eigenvalue weighted by Crippen LogP contribution is 2.17. The van der Waals surface area contributed by atoms with Crippen LogP contribution in [0.2, 0.25) is 0 Å². The number of benzene rings is 1. The fraction of sp³-hybridized carbons (Fsp3) is 0.500. The Morgan fingerprint density at radius 3 is 2.59 bits per heavy atom. The van der Waals surface area contributed by atoms with Gasteiger partial charge in [-0.3, -0.25) is 4.79 Å². The van der Waals surface area contributed by atoms with Crippen LogP contribution in [0, 0.1) is 5.92 Å². The number of hydrogen-bond acceptors (Lipinski definition) is 3. The van der Waals surface area contributed by atoms with Crippen LogP contribution in [0.15, 0.2) is 24.3 Å². The van der Waals surface area contributed by atoms with E-state index in [0.29, 0.717) is 12.3 Å². The minimum absolute atomic E-state index is 0.235. The standard InChI is InChI=1S/C14H19NO2/c1-2-7-17-13-5-3-12(4-6-13)14(16)8-11-9-15-10-11/h3-6,11,15H,2,7-10H2,1H3. The Kier molecular flexibility index (Phi) is 4.15. The molecule has 1 heterocycles. The van der Waals surface area contributed by atoms with E-state index in [2.05, 4.69) is 12.2 Å². The third-order valence-corrected chi connectivity index (χ3v) is 2.99. The fourth-order valence-electron chi connectivity index (χ4n) is 1.83. The maximum Gasteiger partial charge on any atom is 0.163 e. The van der Waals surface area contributed by atoms with Crippen LogP contribution in [0.5, 0.6) is 5.75 Å². The normalized spacial score (nSPS) is 15.4. The first-order valence-electron chi connectivity index (χ1n) is 6.26. The Hall–Kier alpha value is -1.35. The minimum atomic E-state index is 0.235. The zero-order chi connectivity index (χ0) is 12.1. The van der Waals surface area contributed by atoms with Gasteiger partial charge in [0.2, 0.25) is 0 Å². The van der Waals surface area contributed by atoms with Gasteiger partial charge in [0.15, 0.2) is 5.78 Å². The molecule has 0 aromatic heterocycles. The minimum Gasteiger partial charge on any atom is -0.494 e. The topological polar surface area (TPSA) is 38.3 Å². The third-order valence-electron chi connectivity index (χ3n) is 2.99. The van der Waals surface area contributed by atoms with Gasteiger partial charge in [-0.2, -0.15) is 0 Å². The van der Waals surface area contributed by atoms with E-state index in [1.807, 2.05) is 24.3 Å². The summed E-state index contributed by atoms with van der Waals surface area (Å²) in [6.07, 6.45) is 1.65. The molecule has 3 nitrogen and oxygen atoms in total. The number of Topliss-reactive ketones (excluding diaryl/α,β-unsaturated/α-hetero) is 1. The summed E-state index contributed by atoms with van der Waals surface area (Å²) in [5.74, 6) is 1.60. The van der Waals surface area contributed by atoms with Crippen LogP contribution in [0.1, 0.15) is 30.1 Å². The molecule has 1 saturated heterocycles. The summed E-state index contributed by atoms with van der Waals surface area (Å²) in [4.78, 5) is 11.9. The van der Waals surface area contributed by atoms with Crippen LogP contribution in [0.25, 0.3) is 0 Å². The SMILES string of the molecule is CCCOc1ccc(C(=O)CC2CNC2)cc1. The van der Waals surface area contributed by atoms with Crippen LogP contribution in [0.3, 0.4) is 0 Å². The molecule has 0 spiro atoms. The molecule has 1 aromatic carbocycles. The van der Waals surface area contributed by atoms with Crippen LogP contribution in [-0.4, -0.2) is 25.5 Å². The maximum absolute atomic E-state index is 11.9. The number of ketones is 1. The molecule has 0 bridgehead atoms. The van der Waals surface area contributed by atoms with Crippen molar-refractivity contribution in [3.8, 4) is 5.75 Å². The number of rotatable bonds is 6. The highest BCUT2D eigenvalue weighted by atomic mass is 16.5. The fourth-order valence-corrected chi connectivity index (χ4v) is 1.83. The molecular weight excluding hydrogens is 214 g/mol. The van der Waals surface area contributed by atoms with Crippen molar-refractivity contribution in [3.05, 3.63) is 29.8 Å². The zero-order valence-electron chi connectivity index (χ0n) is 10.2. The van der Waals surface area contributed by atoms with Gasteiger partial charge < -0.3 is 10.1 Å². The van der Waals surface area contributed by atoms with E-state index in [-0.39, 0.29) is 5.78 Å². The molecule has 1 N–H and O–H groups in total. The summed E-state index contributed by atoms with van der Waals surface area (Å²) in [6.45, 7) is 4.75. The third kappa shape index (κ3) is 3.30. The Bertz CT molecular complexity index is 368. The molecule has 0 unspecified atom stereocenters. The molecule has 0 atom stereocenters. The smallest absolute Gasteiger partial charge is 0.163 e. The van der Waals surface area contributed by atoms with E-state index in [1.54, 1.807) is 0 Å². The molecule has 2 rings (SSSR count). The number of hydrogen-bond donors (Lipinski definition) is 1. The van der Waals surface area contributed by atoms with Crippen LogP contribution in [-0.2, 0) is 0 Å². The second-order valence-electron chi connectivity index (χ2n) is 4.52. The Morgan fingerprint density at radius 1 is 1.35 bits per heavy atom. The van der Waals surface area contributed by atoms with Gasteiger partial charge in [-0.05, 0) is 49.7 Å². The lowest BCUT2D eigenvalue weighted by Gasteiger charge is -2.26. The molecule has 3 heteroatoms. The molecule has 92 valence electrons. The first-order valence-corrected chi connectivity index (χ1v) is 6.26. The summed E-state index contributed by atoms with van der Waals surface area (Å²) in [5, 5.41) is 3.18. The maximum atomic E-state index is 11.9. The average molecular weight is 233 g/mol. The number of carbonyl (C=O) groups is 1. The van der Waals surface area contributed by atoms with Crippen molar-refractivity contribution in [2.24, 2.45) is 5.92 Å². The van der Waals surface area contributed by atoms with E-state index in [1.165, 1.54) is 0 Å². The largest absolute Gasteiger partial charge is 0.494 e. The molecule has 0 amide bonds. The quantitative estimate of drug-likeness (QED) is 0.766. The van der Waals surface area contributed by atoms with Crippen LogP contribution in [0.4, 0.5) is 0 Å². The van der Waals surface area contributed by atoms with Crippen LogP contribution >= 0.6 is 0 Å². The molecule has 17 heavy (non-hydrogen) atoms. The molecule has 0 saturated carbocycles. The van der Waals surface area contributed by atoms with Gasteiger partial charge in [0.1, 0.15) is 5.75 Å². The summed E-state index contributed by atoms with van der Waals surface area (Å²) >= 11 is 0. The van der Waals surface area contributed by atoms with Crippen molar-refractivity contribution in [2.45, 2.75) is 19.8 Å². The zero-order valence-corrected chi connectivity index (χ0v) is 10.2. The van der Waals surface area contributed by atoms with E-state index in [9.17, 15) is 4.79 Å². The van der Waals surface area contributed by atoms with E-state index < -0.39 is 0 Å². The lowest BCUT2D eigenvalue weighted by atomic mass is 9.94. The van der Waals surface area contributed by atoms with Crippen molar-refractivity contribution in [1.29, 1.82) is 0 Å². The first-order chi connectivity index (χ1) is 8.29. The Labute approximate surface area is 102 Å². The van der Waals surface area contributed by atoms with E-state index in [0.717, 1.165) is 37.4 Å². The number of carbonyl (C=O) groups excluding carboxylic acids is 1. The van der Waals surface area contributed by atoms with E-state index >= 15 is 0 Å². The molecule has 1 aliphatic rings. The van der Waals surface area contributed by atoms with Crippen molar-refractivity contribution in [1.82, 2.24) is 5.32 Å². The van der Waals surface area contributed by atoms with Gasteiger partial charge in [0.05, 0.1) is 6.61 Å². The van der Waals surface area contributed by atoms with Crippen molar-refractivity contribution in [2.75, 3.05) is 19.7 Å². The van der Waals surface area contributed by atoms with Crippen molar-refractivity contribution in [3.63, 3.8) is 0 Å². The van der Waals surface area contributed by atoms with Gasteiger partial charge in [0.25, 0.3) is 0 Å². The monoisotopic (exact) mass is 233 g/mol. The molecule has 0 radical (unpaired) electrons. The van der Waals surface area contributed by atoms with Crippen LogP contribution < -0.4 is 10.1 Å².